The highest BCUT2D eigenvalue weighted by molar-refractivity contribution is 9.10. The van der Waals surface area contributed by atoms with Crippen molar-refractivity contribution in [3.05, 3.63) is 16.5 Å². The molecule has 0 saturated carbocycles. The summed E-state index contributed by atoms with van der Waals surface area (Å²) in [7, 11) is -0.556. The van der Waals surface area contributed by atoms with Gasteiger partial charge >= 0.3 is 0 Å². The number of rotatable bonds is 3. The normalized spacial score (nSPS) is 12.4. The lowest BCUT2D eigenvalue weighted by molar-refractivity contribution is 0.490. The van der Waals surface area contributed by atoms with Gasteiger partial charge in [-0.2, -0.15) is 0 Å². The monoisotopic (exact) mass is 301 g/mol. The second-order valence-electron chi connectivity index (χ2n) is 2.77. The van der Waals surface area contributed by atoms with Gasteiger partial charge in [0.05, 0.1) is 5.88 Å². The summed E-state index contributed by atoms with van der Waals surface area (Å²) in [6.45, 7) is 0. The van der Waals surface area contributed by atoms with Crippen LogP contribution < -0.4 is 0 Å². The molecule has 1 aromatic heterocycles. The molecule has 0 aromatic carbocycles. The van der Waals surface area contributed by atoms with Gasteiger partial charge in [-0.15, -0.1) is 11.6 Å². The molecule has 0 radical (unpaired) electrons. The molecule has 0 atom stereocenters. The molecule has 0 aliphatic rings. The van der Waals surface area contributed by atoms with E-state index < -0.39 is 10.0 Å². The fraction of sp³-hybridized carbons (Fsp3) is 0.429. The second-order valence-corrected chi connectivity index (χ2v) is 5.88. The summed E-state index contributed by atoms with van der Waals surface area (Å²) in [5.41, 5.74) is 0. The summed E-state index contributed by atoms with van der Waals surface area (Å²) in [5, 5.41) is 0. The molecule has 1 heterocycles. The fourth-order valence-corrected chi connectivity index (χ4v) is 2.82. The minimum atomic E-state index is -3.46. The van der Waals surface area contributed by atoms with Crippen LogP contribution in [0.1, 0.15) is 5.76 Å². The lowest BCUT2D eigenvalue weighted by Gasteiger charge is -2.08. The van der Waals surface area contributed by atoms with Crippen molar-refractivity contribution in [1.29, 1.82) is 0 Å². The van der Waals surface area contributed by atoms with Crippen LogP contribution in [0.4, 0.5) is 0 Å². The maximum Gasteiger partial charge on any atom is 0.246 e. The third kappa shape index (κ3) is 2.13. The van der Waals surface area contributed by atoms with Crippen molar-refractivity contribution in [3.8, 4) is 0 Å². The van der Waals surface area contributed by atoms with Crippen LogP contribution in [-0.4, -0.2) is 26.8 Å². The summed E-state index contributed by atoms with van der Waals surface area (Å²) in [6.07, 6.45) is 0. The number of hydrogen-bond acceptors (Lipinski definition) is 3. The maximum absolute atomic E-state index is 11.7. The van der Waals surface area contributed by atoms with Crippen molar-refractivity contribution in [2.24, 2.45) is 0 Å². The largest absolute Gasteiger partial charge is 0.452 e. The Hall–Kier alpha value is -0.0400. The molecular weight excluding hydrogens is 294 g/mol. The molecule has 1 aromatic rings. The predicted molar refractivity (Wildman–Crippen MR) is 56.8 cm³/mol. The minimum absolute atomic E-state index is 0.0955. The Bertz CT molecular complexity index is 426. The first-order valence-electron chi connectivity index (χ1n) is 3.66. The number of hydrogen-bond donors (Lipinski definition) is 0. The Morgan fingerprint density at radius 2 is 2.14 bits per heavy atom. The lowest BCUT2D eigenvalue weighted by atomic mass is 10.5. The van der Waals surface area contributed by atoms with Gasteiger partial charge in [0, 0.05) is 20.2 Å². The summed E-state index contributed by atoms with van der Waals surface area (Å²) >= 11 is 8.55. The van der Waals surface area contributed by atoms with E-state index in [9.17, 15) is 8.42 Å². The van der Waals surface area contributed by atoms with Crippen molar-refractivity contribution >= 4 is 37.6 Å². The molecule has 0 aliphatic carbocycles. The van der Waals surface area contributed by atoms with Crippen LogP contribution in [0.2, 0.25) is 0 Å². The Morgan fingerprint density at radius 1 is 1.57 bits per heavy atom. The summed E-state index contributed by atoms with van der Waals surface area (Å²) in [4.78, 5) is 0.0955. The number of nitrogens with zero attached hydrogens (tertiary/aromatic N) is 1. The minimum Gasteiger partial charge on any atom is -0.452 e. The SMILES string of the molecule is CN(C)S(=O)(=O)c1cc(CCl)oc1Br. The van der Waals surface area contributed by atoms with Crippen LogP contribution in [0.25, 0.3) is 0 Å². The van der Waals surface area contributed by atoms with Crippen molar-refractivity contribution in [2.75, 3.05) is 14.1 Å². The van der Waals surface area contributed by atoms with E-state index in [0.29, 0.717) is 5.76 Å². The molecule has 0 unspecified atom stereocenters. The average Bonchev–Trinajstić information content (AvgIpc) is 2.47. The van der Waals surface area contributed by atoms with Crippen LogP contribution >= 0.6 is 27.5 Å². The zero-order chi connectivity index (χ0) is 10.9. The first kappa shape index (κ1) is 12.0. The Labute approximate surface area is 96.0 Å². The number of halogens is 2. The second kappa shape index (κ2) is 4.22. The fourth-order valence-electron chi connectivity index (χ4n) is 0.836. The van der Waals surface area contributed by atoms with Gasteiger partial charge in [0.15, 0.2) is 4.67 Å². The highest BCUT2D eigenvalue weighted by atomic mass is 79.9. The standard InChI is InChI=1S/C7H9BrClNO3S/c1-10(2)14(11,12)6-3-5(4-9)13-7(6)8/h3H,4H2,1-2H3. The van der Waals surface area contributed by atoms with Gasteiger partial charge in [0.25, 0.3) is 0 Å². The topological polar surface area (TPSA) is 50.5 Å². The van der Waals surface area contributed by atoms with Crippen LogP contribution in [0, 0.1) is 0 Å². The Kier molecular flexibility index (Phi) is 3.63. The van der Waals surface area contributed by atoms with Crippen LogP contribution in [-0.2, 0) is 15.9 Å². The number of furan rings is 1. The van der Waals surface area contributed by atoms with E-state index in [1.807, 2.05) is 0 Å². The van der Waals surface area contributed by atoms with Crippen LogP contribution in [0.3, 0.4) is 0 Å². The molecular formula is C7H9BrClNO3S. The van der Waals surface area contributed by atoms with Gasteiger partial charge in [-0.1, -0.05) is 0 Å². The van der Waals surface area contributed by atoms with Crippen molar-refractivity contribution in [2.45, 2.75) is 10.8 Å². The lowest BCUT2D eigenvalue weighted by Crippen LogP contribution is -2.21. The van der Waals surface area contributed by atoms with Crippen LogP contribution in [0.15, 0.2) is 20.0 Å². The van der Waals surface area contributed by atoms with Crippen LogP contribution in [0.5, 0.6) is 0 Å². The molecule has 0 amide bonds. The molecule has 0 N–H and O–H groups in total. The third-order valence-corrected chi connectivity index (χ3v) is 4.53. The molecule has 0 saturated heterocycles. The van der Waals surface area contributed by atoms with Gasteiger partial charge < -0.3 is 4.42 Å². The third-order valence-electron chi connectivity index (χ3n) is 1.60. The van der Waals surface area contributed by atoms with E-state index >= 15 is 0 Å². The smallest absolute Gasteiger partial charge is 0.246 e. The summed E-state index contributed by atoms with van der Waals surface area (Å²) in [5.74, 6) is 0.556. The Balaban J connectivity index is 3.26. The van der Waals surface area contributed by atoms with Crippen molar-refractivity contribution in [3.63, 3.8) is 0 Å². The van der Waals surface area contributed by atoms with E-state index in [0.717, 1.165) is 4.31 Å². The first-order valence-corrected chi connectivity index (χ1v) is 6.43. The number of sulfonamides is 1. The van der Waals surface area contributed by atoms with Gasteiger partial charge in [-0.25, -0.2) is 12.7 Å². The average molecular weight is 303 g/mol. The van der Waals surface area contributed by atoms with E-state index in [1.54, 1.807) is 0 Å². The number of alkyl halides is 1. The summed E-state index contributed by atoms with van der Waals surface area (Å²) in [6, 6.07) is 1.41. The zero-order valence-electron chi connectivity index (χ0n) is 7.62. The molecule has 0 aliphatic heterocycles. The van der Waals surface area contributed by atoms with E-state index in [2.05, 4.69) is 15.9 Å². The molecule has 14 heavy (non-hydrogen) atoms. The maximum atomic E-state index is 11.7. The zero-order valence-corrected chi connectivity index (χ0v) is 10.8. The van der Waals surface area contributed by atoms with Gasteiger partial charge in [-0.3, -0.25) is 0 Å². The highest BCUT2D eigenvalue weighted by Gasteiger charge is 2.24. The highest BCUT2D eigenvalue weighted by Crippen LogP contribution is 2.28. The van der Waals surface area contributed by atoms with E-state index in [4.69, 9.17) is 16.0 Å². The summed E-state index contributed by atoms with van der Waals surface area (Å²) < 4.78 is 29.7. The predicted octanol–water partition coefficient (Wildman–Crippen LogP) is 2.03. The molecule has 0 bridgehead atoms. The molecule has 1 rings (SSSR count). The quantitative estimate of drug-likeness (QED) is 0.803. The first-order chi connectivity index (χ1) is 6.39. The molecule has 0 spiro atoms. The van der Waals surface area contributed by atoms with Crippen molar-refractivity contribution < 1.29 is 12.8 Å². The molecule has 80 valence electrons. The molecule has 0 fully saturated rings. The van der Waals surface area contributed by atoms with Gasteiger partial charge in [0.1, 0.15) is 10.7 Å². The molecule has 7 heteroatoms. The Morgan fingerprint density at radius 3 is 2.50 bits per heavy atom. The van der Waals surface area contributed by atoms with Gasteiger partial charge in [0.2, 0.25) is 10.0 Å². The molecule has 4 nitrogen and oxygen atoms in total. The van der Waals surface area contributed by atoms with Crippen molar-refractivity contribution in [1.82, 2.24) is 4.31 Å². The van der Waals surface area contributed by atoms with E-state index in [1.165, 1.54) is 20.2 Å². The van der Waals surface area contributed by atoms with E-state index in [-0.39, 0.29) is 15.4 Å². The van der Waals surface area contributed by atoms with Gasteiger partial charge in [-0.05, 0) is 15.9 Å².